The minimum absolute atomic E-state index is 0.0827. The lowest BCUT2D eigenvalue weighted by Crippen LogP contribution is -2.43. The Kier molecular flexibility index (Phi) is 6.43. The normalized spacial score (nSPS) is 16.6. The average Bonchev–Trinajstić information content (AvgIpc) is 2.78. The standard InChI is InChI=1S/C25H28N2O5S/c1-16-3-8-23(17(2)13-16)33(31,32)27-11-9-18(10-12-27)24(28)26-22-7-6-19-14-21(25(29)30)5-4-20(19)15-22/h3-8,13-15,18,24,26,28H,9-12H2,1-2H3,(H,29,30). The van der Waals surface area contributed by atoms with E-state index in [-0.39, 0.29) is 11.5 Å². The Morgan fingerprint density at radius 3 is 2.33 bits per heavy atom. The smallest absolute Gasteiger partial charge is 0.335 e. The first-order valence-corrected chi connectivity index (χ1v) is 12.4. The van der Waals surface area contributed by atoms with Gasteiger partial charge in [-0.2, -0.15) is 4.31 Å². The van der Waals surface area contributed by atoms with Crippen molar-refractivity contribution < 1.29 is 23.4 Å². The number of piperidine rings is 1. The van der Waals surface area contributed by atoms with E-state index in [1.165, 1.54) is 4.31 Å². The minimum Gasteiger partial charge on any atom is -0.478 e. The van der Waals surface area contributed by atoms with Gasteiger partial charge < -0.3 is 15.5 Å². The lowest BCUT2D eigenvalue weighted by molar-refractivity contribution is 0.0697. The molecule has 1 aliphatic heterocycles. The molecule has 0 aliphatic carbocycles. The number of carboxylic acids is 1. The van der Waals surface area contributed by atoms with Crippen LogP contribution in [0.15, 0.2) is 59.5 Å². The summed E-state index contributed by atoms with van der Waals surface area (Å²) in [6.45, 7) is 4.46. The van der Waals surface area contributed by atoms with E-state index < -0.39 is 22.2 Å². The largest absolute Gasteiger partial charge is 0.478 e. The Bertz CT molecular complexity index is 1300. The van der Waals surface area contributed by atoms with Crippen LogP contribution in [0.2, 0.25) is 0 Å². The van der Waals surface area contributed by atoms with E-state index in [0.717, 1.165) is 27.6 Å². The number of benzene rings is 3. The third-order valence-corrected chi connectivity index (χ3v) is 8.35. The number of rotatable bonds is 6. The van der Waals surface area contributed by atoms with E-state index in [0.29, 0.717) is 30.8 Å². The lowest BCUT2D eigenvalue weighted by atomic mass is 9.96. The van der Waals surface area contributed by atoms with Gasteiger partial charge in [0.1, 0.15) is 6.23 Å². The summed E-state index contributed by atoms with van der Waals surface area (Å²) in [5, 5.41) is 24.7. The Morgan fingerprint density at radius 2 is 1.67 bits per heavy atom. The second kappa shape index (κ2) is 9.13. The van der Waals surface area contributed by atoms with E-state index in [4.69, 9.17) is 5.11 Å². The molecule has 1 fully saturated rings. The molecule has 8 heteroatoms. The predicted molar refractivity (Wildman–Crippen MR) is 128 cm³/mol. The first-order valence-electron chi connectivity index (χ1n) is 10.9. The van der Waals surface area contributed by atoms with Gasteiger partial charge >= 0.3 is 5.97 Å². The molecular formula is C25H28N2O5S. The quantitative estimate of drug-likeness (QED) is 0.473. The Labute approximate surface area is 193 Å². The van der Waals surface area contributed by atoms with Gasteiger partial charge in [-0.05, 0) is 73.4 Å². The van der Waals surface area contributed by atoms with Gasteiger partial charge in [0.2, 0.25) is 10.0 Å². The summed E-state index contributed by atoms with van der Waals surface area (Å²) in [5.74, 6) is -1.05. The van der Waals surface area contributed by atoms with Crippen molar-refractivity contribution in [2.75, 3.05) is 18.4 Å². The first kappa shape index (κ1) is 23.2. The van der Waals surface area contributed by atoms with E-state index >= 15 is 0 Å². The van der Waals surface area contributed by atoms with Gasteiger partial charge in [0.15, 0.2) is 0 Å². The molecule has 0 radical (unpaired) electrons. The van der Waals surface area contributed by atoms with Crippen LogP contribution in [0.4, 0.5) is 5.69 Å². The second-order valence-corrected chi connectivity index (χ2v) is 10.6. The van der Waals surface area contributed by atoms with Crippen molar-refractivity contribution in [3.05, 3.63) is 71.3 Å². The Hall–Kier alpha value is -2.94. The highest BCUT2D eigenvalue weighted by Crippen LogP contribution is 2.29. The maximum atomic E-state index is 13.1. The van der Waals surface area contributed by atoms with E-state index in [9.17, 15) is 18.3 Å². The van der Waals surface area contributed by atoms with Crippen LogP contribution in [0.3, 0.4) is 0 Å². The number of aryl methyl sites for hydroxylation is 2. The Balaban J connectivity index is 1.40. The summed E-state index contributed by atoms with van der Waals surface area (Å²) >= 11 is 0. The molecule has 1 heterocycles. The topological polar surface area (TPSA) is 107 Å². The fourth-order valence-electron chi connectivity index (χ4n) is 4.42. The van der Waals surface area contributed by atoms with E-state index in [1.54, 1.807) is 30.3 Å². The van der Waals surface area contributed by atoms with Gasteiger partial charge in [0.05, 0.1) is 10.5 Å². The van der Waals surface area contributed by atoms with E-state index in [1.807, 2.05) is 38.1 Å². The Morgan fingerprint density at radius 1 is 1.00 bits per heavy atom. The highest BCUT2D eigenvalue weighted by Gasteiger charge is 2.32. The summed E-state index contributed by atoms with van der Waals surface area (Å²) in [6.07, 6.45) is 0.286. The van der Waals surface area contributed by atoms with Crippen molar-refractivity contribution in [3.8, 4) is 0 Å². The molecule has 1 unspecified atom stereocenters. The predicted octanol–water partition coefficient (Wildman–Crippen LogP) is 3.99. The lowest BCUT2D eigenvalue weighted by Gasteiger charge is -2.34. The summed E-state index contributed by atoms with van der Waals surface area (Å²) in [7, 11) is -3.56. The minimum atomic E-state index is -3.56. The number of aliphatic hydroxyl groups excluding tert-OH is 1. The zero-order valence-electron chi connectivity index (χ0n) is 18.7. The maximum absolute atomic E-state index is 13.1. The van der Waals surface area contributed by atoms with Gasteiger partial charge in [0.25, 0.3) is 0 Å². The zero-order chi connectivity index (χ0) is 23.8. The molecule has 3 aromatic carbocycles. The summed E-state index contributed by atoms with van der Waals surface area (Å²) < 4.78 is 27.7. The van der Waals surface area contributed by atoms with Crippen molar-refractivity contribution in [2.45, 2.75) is 37.8 Å². The number of aromatic carboxylic acids is 1. The molecule has 3 aromatic rings. The van der Waals surface area contributed by atoms with Crippen molar-refractivity contribution in [2.24, 2.45) is 5.92 Å². The maximum Gasteiger partial charge on any atom is 0.335 e. The number of anilines is 1. The number of fused-ring (bicyclic) bond motifs is 1. The molecular weight excluding hydrogens is 440 g/mol. The number of aliphatic hydroxyl groups is 1. The molecule has 1 aliphatic rings. The molecule has 174 valence electrons. The molecule has 7 nitrogen and oxygen atoms in total. The third-order valence-electron chi connectivity index (χ3n) is 6.30. The monoisotopic (exact) mass is 468 g/mol. The number of nitrogens with one attached hydrogen (secondary N) is 1. The molecule has 0 aromatic heterocycles. The van der Waals surface area contributed by atoms with Crippen LogP contribution in [0, 0.1) is 19.8 Å². The molecule has 33 heavy (non-hydrogen) atoms. The van der Waals surface area contributed by atoms with E-state index in [2.05, 4.69) is 5.32 Å². The highest BCUT2D eigenvalue weighted by atomic mass is 32.2. The van der Waals surface area contributed by atoms with Crippen LogP contribution in [-0.4, -0.2) is 48.2 Å². The molecule has 4 rings (SSSR count). The summed E-state index contributed by atoms with van der Waals surface area (Å²) in [5.41, 5.74) is 2.72. The number of carboxylic acid groups (broad SMARTS) is 1. The molecule has 0 amide bonds. The molecule has 0 bridgehead atoms. The number of sulfonamides is 1. The average molecular weight is 469 g/mol. The van der Waals surface area contributed by atoms with Gasteiger partial charge in [-0.1, -0.05) is 29.8 Å². The van der Waals surface area contributed by atoms with Crippen LogP contribution in [0.1, 0.15) is 34.3 Å². The molecule has 1 saturated heterocycles. The fourth-order valence-corrected chi connectivity index (χ4v) is 6.09. The fraction of sp³-hybridized carbons (Fsp3) is 0.320. The van der Waals surface area contributed by atoms with Crippen molar-refractivity contribution >= 4 is 32.5 Å². The van der Waals surface area contributed by atoms with Gasteiger partial charge in [0, 0.05) is 24.7 Å². The highest BCUT2D eigenvalue weighted by molar-refractivity contribution is 7.89. The van der Waals surface area contributed by atoms with Gasteiger partial charge in [-0.3, -0.25) is 0 Å². The second-order valence-electron chi connectivity index (χ2n) is 8.68. The number of carbonyl (C=O) groups is 1. The molecule has 0 saturated carbocycles. The molecule has 1 atom stereocenters. The van der Waals surface area contributed by atoms with Crippen LogP contribution in [-0.2, 0) is 10.0 Å². The van der Waals surface area contributed by atoms with Crippen LogP contribution in [0.5, 0.6) is 0 Å². The number of hydrogen-bond donors (Lipinski definition) is 3. The SMILES string of the molecule is Cc1ccc(S(=O)(=O)N2CCC(C(O)Nc3ccc4cc(C(=O)O)ccc4c3)CC2)c(C)c1. The van der Waals surface area contributed by atoms with Gasteiger partial charge in [-0.25, -0.2) is 13.2 Å². The van der Waals surface area contributed by atoms with Crippen molar-refractivity contribution in [3.63, 3.8) is 0 Å². The van der Waals surface area contributed by atoms with Gasteiger partial charge in [-0.15, -0.1) is 0 Å². The van der Waals surface area contributed by atoms with Crippen molar-refractivity contribution in [1.29, 1.82) is 0 Å². The first-order chi connectivity index (χ1) is 15.6. The number of hydrogen-bond acceptors (Lipinski definition) is 5. The summed E-state index contributed by atoms with van der Waals surface area (Å²) in [4.78, 5) is 11.5. The van der Waals surface area contributed by atoms with Crippen molar-refractivity contribution in [1.82, 2.24) is 4.31 Å². The van der Waals surface area contributed by atoms with Crippen LogP contribution < -0.4 is 5.32 Å². The van der Waals surface area contributed by atoms with Crippen LogP contribution >= 0.6 is 0 Å². The van der Waals surface area contributed by atoms with Crippen LogP contribution in [0.25, 0.3) is 10.8 Å². The molecule has 0 spiro atoms. The summed E-state index contributed by atoms with van der Waals surface area (Å²) in [6, 6.07) is 15.7. The number of nitrogens with zero attached hydrogens (tertiary/aromatic N) is 1. The zero-order valence-corrected chi connectivity index (χ0v) is 19.5. The molecule has 3 N–H and O–H groups in total. The third kappa shape index (κ3) is 4.88.